The average molecular weight is 392 g/mol. The second-order valence-electron chi connectivity index (χ2n) is 5.86. The molecule has 1 heterocycles. The Labute approximate surface area is 162 Å². The van der Waals surface area contributed by atoms with Crippen molar-refractivity contribution in [2.45, 2.75) is 11.4 Å². The van der Waals surface area contributed by atoms with Crippen LogP contribution in [0.2, 0.25) is 0 Å². The van der Waals surface area contributed by atoms with E-state index < -0.39 is 15.9 Å². The van der Waals surface area contributed by atoms with Gasteiger partial charge in [-0.05, 0) is 54.1 Å². The van der Waals surface area contributed by atoms with Crippen LogP contribution in [0.1, 0.15) is 21.5 Å². The lowest BCUT2D eigenvalue weighted by Crippen LogP contribution is -2.23. The number of nitrogens with zero attached hydrogens (tertiary/aromatic N) is 2. The van der Waals surface area contributed by atoms with Crippen LogP contribution in [0.4, 0.5) is 5.69 Å². The minimum Gasteiger partial charge on any atom is -0.322 e. The van der Waals surface area contributed by atoms with Gasteiger partial charge in [0.1, 0.15) is 0 Å². The highest BCUT2D eigenvalue weighted by atomic mass is 32.2. The summed E-state index contributed by atoms with van der Waals surface area (Å²) in [4.78, 5) is 16.3. The highest BCUT2D eigenvalue weighted by molar-refractivity contribution is 7.89. The summed E-state index contributed by atoms with van der Waals surface area (Å²) in [5.74, 6) is -0.401. The molecule has 0 atom stereocenters. The van der Waals surface area contributed by atoms with Gasteiger partial charge in [0.25, 0.3) is 5.91 Å². The molecule has 0 aliphatic heterocycles. The highest BCUT2D eigenvalue weighted by Crippen LogP contribution is 2.14. The topological polar surface area (TPSA) is 112 Å². The van der Waals surface area contributed by atoms with Crippen molar-refractivity contribution in [3.8, 4) is 6.07 Å². The number of benzene rings is 2. The lowest BCUT2D eigenvalue weighted by molar-refractivity contribution is 0.102. The SMILES string of the molecule is N#Cc1cccc(NC(=O)c2ccc(S(=O)(=O)NCc3cccnc3)cc2)c1. The van der Waals surface area contributed by atoms with Crippen LogP contribution in [0.3, 0.4) is 0 Å². The quantitative estimate of drug-likeness (QED) is 0.670. The van der Waals surface area contributed by atoms with E-state index in [0.717, 1.165) is 5.56 Å². The minimum absolute atomic E-state index is 0.0550. The molecular formula is C20H16N4O3S. The second-order valence-corrected chi connectivity index (χ2v) is 7.62. The number of nitrogens with one attached hydrogen (secondary N) is 2. The first-order chi connectivity index (χ1) is 13.5. The lowest BCUT2D eigenvalue weighted by atomic mass is 10.2. The average Bonchev–Trinajstić information content (AvgIpc) is 2.73. The number of sulfonamides is 1. The summed E-state index contributed by atoms with van der Waals surface area (Å²) in [5.41, 5.74) is 1.95. The van der Waals surface area contributed by atoms with Gasteiger partial charge >= 0.3 is 0 Å². The van der Waals surface area contributed by atoms with Crippen LogP contribution in [0.5, 0.6) is 0 Å². The third-order valence-corrected chi connectivity index (χ3v) is 5.28. The summed E-state index contributed by atoms with van der Waals surface area (Å²) in [7, 11) is -3.71. The Morgan fingerprint density at radius 3 is 2.54 bits per heavy atom. The zero-order chi connectivity index (χ0) is 20.0. The molecule has 0 aliphatic carbocycles. The van der Waals surface area contributed by atoms with Crippen molar-refractivity contribution < 1.29 is 13.2 Å². The predicted octanol–water partition coefficient (Wildman–Crippen LogP) is 2.68. The maximum atomic E-state index is 12.4. The molecule has 28 heavy (non-hydrogen) atoms. The predicted molar refractivity (Wildman–Crippen MR) is 104 cm³/mol. The molecule has 1 amide bonds. The second kappa shape index (κ2) is 8.43. The van der Waals surface area contributed by atoms with Crippen molar-refractivity contribution in [2.24, 2.45) is 0 Å². The number of nitriles is 1. The molecule has 0 radical (unpaired) electrons. The number of aromatic nitrogens is 1. The van der Waals surface area contributed by atoms with Gasteiger partial charge in [0.15, 0.2) is 0 Å². The van der Waals surface area contributed by atoms with Crippen LogP contribution in [-0.4, -0.2) is 19.3 Å². The van der Waals surface area contributed by atoms with Crippen LogP contribution < -0.4 is 10.0 Å². The first-order valence-corrected chi connectivity index (χ1v) is 9.76. The molecule has 0 bridgehead atoms. The van der Waals surface area contributed by atoms with E-state index in [1.165, 1.54) is 24.3 Å². The Morgan fingerprint density at radius 1 is 1.07 bits per heavy atom. The van der Waals surface area contributed by atoms with Gasteiger partial charge in [-0.2, -0.15) is 5.26 Å². The molecule has 0 saturated carbocycles. The Morgan fingerprint density at radius 2 is 1.86 bits per heavy atom. The third-order valence-electron chi connectivity index (χ3n) is 3.87. The van der Waals surface area contributed by atoms with Crippen LogP contribution in [0.15, 0.2) is 78.0 Å². The van der Waals surface area contributed by atoms with Gasteiger partial charge in [-0.25, -0.2) is 13.1 Å². The molecule has 3 rings (SSSR count). The third kappa shape index (κ3) is 4.79. The summed E-state index contributed by atoms with van der Waals surface area (Å²) in [6.45, 7) is 0.119. The smallest absolute Gasteiger partial charge is 0.255 e. The van der Waals surface area contributed by atoms with Crippen LogP contribution in [0, 0.1) is 11.3 Å². The fraction of sp³-hybridized carbons (Fsp3) is 0.0500. The van der Waals surface area contributed by atoms with E-state index in [2.05, 4.69) is 15.0 Å². The molecule has 1 aromatic heterocycles. The Kier molecular flexibility index (Phi) is 5.79. The van der Waals surface area contributed by atoms with E-state index in [9.17, 15) is 13.2 Å². The molecule has 0 saturated heterocycles. The zero-order valence-electron chi connectivity index (χ0n) is 14.7. The number of rotatable bonds is 6. The largest absolute Gasteiger partial charge is 0.322 e. The number of amides is 1. The standard InChI is InChI=1S/C20H16N4O3S/c21-12-15-3-1-5-18(11-15)24-20(25)17-6-8-19(9-7-17)28(26,27)23-14-16-4-2-10-22-13-16/h1-11,13,23H,14H2,(H,24,25). The highest BCUT2D eigenvalue weighted by Gasteiger charge is 2.15. The lowest BCUT2D eigenvalue weighted by Gasteiger charge is -2.08. The van der Waals surface area contributed by atoms with E-state index >= 15 is 0 Å². The van der Waals surface area contributed by atoms with Crippen LogP contribution in [0.25, 0.3) is 0 Å². The molecule has 0 unspecified atom stereocenters. The van der Waals surface area contributed by atoms with E-state index in [0.29, 0.717) is 16.8 Å². The molecule has 2 N–H and O–H groups in total. The number of hydrogen-bond acceptors (Lipinski definition) is 5. The van der Waals surface area contributed by atoms with Crippen molar-refractivity contribution in [1.82, 2.24) is 9.71 Å². The molecule has 0 fully saturated rings. The summed E-state index contributed by atoms with van der Waals surface area (Å²) in [6.07, 6.45) is 3.19. The molecule has 0 spiro atoms. The molecule has 3 aromatic rings. The van der Waals surface area contributed by atoms with Gasteiger partial charge in [0.05, 0.1) is 16.5 Å². The number of pyridine rings is 1. The summed E-state index contributed by atoms with van der Waals surface area (Å²) < 4.78 is 27.3. The van der Waals surface area contributed by atoms with E-state index in [-0.39, 0.29) is 11.4 Å². The summed E-state index contributed by atoms with van der Waals surface area (Å²) in [6, 6.07) is 17.6. The number of hydrogen-bond donors (Lipinski definition) is 2. The summed E-state index contributed by atoms with van der Waals surface area (Å²) >= 11 is 0. The van der Waals surface area contributed by atoms with E-state index in [1.54, 1.807) is 48.8 Å². The number of carbonyl (C=O) groups is 1. The van der Waals surface area contributed by atoms with Gasteiger partial charge in [-0.3, -0.25) is 9.78 Å². The molecule has 8 heteroatoms. The molecule has 0 aliphatic rings. The normalized spacial score (nSPS) is 10.8. The van der Waals surface area contributed by atoms with Crippen molar-refractivity contribution in [2.75, 3.05) is 5.32 Å². The molecule has 140 valence electrons. The number of anilines is 1. The van der Waals surface area contributed by atoms with Crippen molar-refractivity contribution >= 4 is 21.6 Å². The van der Waals surface area contributed by atoms with Gasteiger partial charge in [0, 0.05) is 30.2 Å². The zero-order valence-corrected chi connectivity index (χ0v) is 15.5. The first-order valence-electron chi connectivity index (χ1n) is 8.28. The maximum absolute atomic E-state index is 12.4. The van der Waals surface area contributed by atoms with Crippen molar-refractivity contribution in [1.29, 1.82) is 5.26 Å². The van der Waals surface area contributed by atoms with Gasteiger partial charge in [0.2, 0.25) is 10.0 Å². The fourth-order valence-electron chi connectivity index (χ4n) is 2.42. The number of carbonyl (C=O) groups excluding carboxylic acids is 1. The Bertz CT molecular complexity index is 1120. The Balaban J connectivity index is 1.68. The minimum atomic E-state index is -3.71. The van der Waals surface area contributed by atoms with Gasteiger partial charge in [-0.15, -0.1) is 0 Å². The van der Waals surface area contributed by atoms with Crippen molar-refractivity contribution in [3.63, 3.8) is 0 Å². The molecule has 2 aromatic carbocycles. The van der Waals surface area contributed by atoms with Crippen molar-refractivity contribution in [3.05, 3.63) is 89.7 Å². The van der Waals surface area contributed by atoms with Crippen LogP contribution >= 0.6 is 0 Å². The maximum Gasteiger partial charge on any atom is 0.255 e. The molecule has 7 nitrogen and oxygen atoms in total. The fourth-order valence-corrected chi connectivity index (χ4v) is 3.44. The Hall–Kier alpha value is -3.54. The first kappa shape index (κ1) is 19.2. The summed E-state index contributed by atoms with van der Waals surface area (Å²) in [5, 5.41) is 11.6. The monoisotopic (exact) mass is 392 g/mol. The van der Waals surface area contributed by atoms with Gasteiger partial charge < -0.3 is 5.32 Å². The van der Waals surface area contributed by atoms with Crippen LogP contribution in [-0.2, 0) is 16.6 Å². The van der Waals surface area contributed by atoms with E-state index in [4.69, 9.17) is 5.26 Å². The molecular weight excluding hydrogens is 376 g/mol. The van der Waals surface area contributed by atoms with E-state index in [1.807, 2.05) is 6.07 Å². The van der Waals surface area contributed by atoms with Gasteiger partial charge in [-0.1, -0.05) is 12.1 Å².